The van der Waals surface area contributed by atoms with E-state index >= 15 is 0 Å². The van der Waals surface area contributed by atoms with E-state index in [1.54, 1.807) is 18.5 Å². The Hall–Kier alpha value is -2.02. The van der Waals surface area contributed by atoms with Gasteiger partial charge < -0.3 is 10.6 Å². The molecule has 0 aliphatic carbocycles. The average molecular weight is 263 g/mol. The van der Waals surface area contributed by atoms with Gasteiger partial charge >= 0.3 is 0 Å². The van der Waals surface area contributed by atoms with E-state index in [0.717, 1.165) is 0 Å². The maximum atomic E-state index is 11.9. The van der Waals surface area contributed by atoms with Crippen LogP contribution in [0, 0.1) is 0 Å². The van der Waals surface area contributed by atoms with Crippen LogP contribution in [0.4, 0.5) is 0 Å². The first-order valence-electron chi connectivity index (χ1n) is 6.15. The lowest BCUT2D eigenvalue weighted by Crippen LogP contribution is -2.53. The molecule has 102 valence electrons. The van der Waals surface area contributed by atoms with Gasteiger partial charge in [0.05, 0.1) is 19.1 Å². The predicted molar refractivity (Wildman–Crippen MR) is 67.8 cm³/mol. The molecule has 2 amide bonds. The van der Waals surface area contributed by atoms with Crippen molar-refractivity contribution in [3.63, 3.8) is 0 Å². The monoisotopic (exact) mass is 263 g/mol. The van der Waals surface area contributed by atoms with Crippen LogP contribution in [-0.4, -0.2) is 57.8 Å². The van der Waals surface area contributed by atoms with Crippen LogP contribution in [0.3, 0.4) is 0 Å². The zero-order chi connectivity index (χ0) is 13.8. The van der Waals surface area contributed by atoms with Crippen molar-refractivity contribution < 1.29 is 9.59 Å². The molecular weight excluding hydrogens is 246 g/mol. The molecule has 0 aromatic carbocycles. The fraction of sp³-hybridized carbons (Fsp3) is 0.500. The molecule has 1 saturated heterocycles. The SMILES string of the molecule is CC(c1ncccn1)N1CCN(CC(N)=O)C(=O)C1. The summed E-state index contributed by atoms with van der Waals surface area (Å²) in [6.07, 6.45) is 3.37. The average Bonchev–Trinajstić information content (AvgIpc) is 2.41. The number of primary amides is 1. The highest BCUT2D eigenvalue weighted by Gasteiger charge is 2.29. The fourth-order valence-electron chi connectivity index (χ4n) is 2.10. The van der Waals surface area contributed by atoms with E-state index in [0.29, 0.717) is 18.9 Å². The number of amides is 2. The Labute approximate surface area is 111 Å². The van der Waals surface area contributed by atoms with Crippen LogP contribution >= 0.6 is 0 Å². The lowest BCUT2D eigenvalue weighted by molar-refractivity contribution is -0.140. The van der Waals surface area contributed by atoms with Crippen molar-refractivity contribution in [3.8, 4) is 0 Å². The minimum Gasteiger partial charge on any atom is -0.368 e. The van der Waals surface area contributed by atoms with Gasteiger partial charge in [-0.2, -0.15) is 0 Å². The van der Waals surface area contributed by atoms with Gasteiger partial charge in [0.1, 0.15) is 5.82 Å². The second-order valence-electron chi connectivity index (χ2n) is 4.54. The van der Waals surface area contributed by atoms with Gasteiger partial charge in [-0.15, -0.1) is 0 Å². The molecule has 7 nitrogen and oxygen atoms in total. The largest absolute Gasteiger partial charge is 0.368 e. The quantitative estimate of drug-likeness (QED) is 0.765. The molecule has 7 heteroatoms. The zero-order valence-electron chi connectivity index (χ0n) is 10.8. The van der Waals surface area contributed by atoms with E-state index in [-0.39, 0.29) is 25.0 Å². The Morgan fingerprint density at radius 3 is 2.68 bits per heavy atom. The summed E-state index contributed by atoms with van der Waals surface area (Å²) >= 11 is 0. The molecule has 0 spiro atoms. The van der Waals surface area contributed by atoms with Crippen LogP contribution in [0.2, 0.25) is 0 Å². The number of hydrogen-bond acceptors (Lipinski definition) is 5. The Balaban J connectivity index is 1.98. The van der Waals surface area contributed by atoms with Crippen molar-refractivity contribution in [2.75, 3.05) is 26.2 Å². The van der Waals surface area contributed by atoms with Crippen LogP contribution < -0.4 is 5.73 Å². The molecule has 1 unspecified atom stereocenters. The van der Waals surface area contributed by atoms with Crippen molar-refractivity contribution in [1.82, 2.24) is 19.8 Å². The molecule has 1 fully saturated rings. The normalized spacial score (nSPS) is 18.4. The van der Waals surface area contributed by atoms with Crippen LogP contribution in [-0.2, 0) is 9.59 Å². The molecule has 19 heavy (non-hydrogen) atoms. The van der Waals surface area contributed by atoms with E-state index in [2.05, 4.69) is 9.97 Å². The number of hydrogen-bond donors (Lipinski definition) is 1. The van der Waals surface area contributed by atoms with Crippen LogP contribution in [0.1, 0.15) is 18.8 Å². The first kappa shape index (κ1) is 13.4. The highest BCUT2D eigenvalue weighted by Crippen LogP contribution is 2.18. The third-order valence-corrected chi connectivity index (χ3v) is 3.20. The molecule has 0 radical (unpaired) electrons. The Morgan fingerprint density at radius 1 is 1.42 bits per heavy atom. The number of carbonyl (C=O) groups is 2. The van der Waals surface area contributed by atoms with E-state index < -0.39 is 5.91 Å². The third-order valence-electron chi connectivity index (χ3n) is 3.20. The molecule has 0 bridgehead atoms. The van der Waals surface area contributed by atoms with E-state index in [1.165, 1.54) is 4.90 Å². The van der Waals surface area contributed by atoms with Crippen molar-refractivity contribution in [3.05, 3.63) is 24.3 Å². The van der Waals surface area contributed by atoms with Gasteiger partial charge in [-0.3, -0.25) is 14.5 Å². The summed E-state index contributed by atoms with van der Waals surface area (Å²) in [5.41, 5.74) is 5.10. The summed E-state index contributed by atoms with van der Waals surface area (Å²) in [4.78, 5) is 34.6. The summed E-state index contributed by atoms with van der Waals surface area (Å²) < 4.78 is 0. The second-order valence-corrected chi connectivity index (χ2v) is 4.54. The van der Waals surface area contributed by atoms with Gasteiger partial charge in [0.15, 0.2) is 0 Å². The lowest BCUT2D eigenvalue weighted by Gasteiger charge is -2.36. The van der Waals surface area contributed by atoms with Gasteiger partial charge in [0, 0.05) is 25.5 Å². The van der Waals surface area contributed by atoms with Gasteiger partial charge in [-0.1, -0.05) is 0 Å². The van der Waals surface area contributed by atoms with Crippen molar-refractivity contribution >= 4 is 11.8 Å². The molecule has 1 aromatic rings. The first-order valence-corrected chi connectivity index (χ1v) is 6.15. The number of rotatable bonds is 4. The number of nitrogens with two attached hydrogens (primary N) is 1. The highest BCUT2D eigenvalue weighted by atomic mass is 16.2. The van der Waals surface area contributed by atoms with Gasteiger partial charge in [0.25, 0.3) is 0 Å². The van der Waals surface area contributed by atoms with E-state index in [1.807, 2.05) is 11.8 Å². The molecule has 2 rings (SSSR count). The maximum absolute atomic E-state index is 11.9. The standard InChI is InChI=1S/C12H17N5O2/c1-9(12-14-3-2-4-15-12)16-5-6-17(7-10(13)18)11(19)8-16/h2-4,9H,5-8H2,1H3,(H2,13,18). The van der Waals surface area contributed by atoms with Crippen LogP contribution in [0.5, 0.6) is 0 Å². The number of aromatic nitrogens is 2. The number of carbonyl (C=O) groups excluding carboxylic acids is 2. The zero-order valence-corrected chi connectivity index (χ0v) is 10.8. The van der Waals surface area contributed by atoms with Gasteiger partial charge in [-0.25, -0.2) is 9.97 Å². The highest BCUT2D eigenvalue weighted by molar-refractivity contribution is 5.85. The van der Waals surface area contributed by atoms with E-state index in [9.17, 15) is 9.59 Å². The summed E-state index contributed by atoms with van der Waals surface area (Å²) in [5.74, 6) is 0.118. The summed E-state index contributed by atoms with van der Waals surface area (Å²) in [7, 11) is 0. The third kappa shape index (κ3) is 3.25. The summed E-state index contributed by atoms with van der Waals surface area (Å²) in [6, 6.07) is 1.73. The Kier molecular flexibility index (Phi) is 4.06. The molecule has 1 aliphatic rings. The summed E-state index contributed by atoms with van der Waals surface area (Å²) in [5, 5.41) is 0. The van der Waals surface area contributed by atoms with Gasteiger partial charge in [-0.05, 0) is 13.0 Å². The molecule has 2 N–H and O–H groups in total. The van der Waals surface area contributed by atoms with E-state index in [4.69, 9.17) is 5.73 Å². The minimum atomic E-state index is -0.485. The van der Waals surface area contributed by atoms with Crippen molar-refractivity contribution in [1.29, 1.82) is 0 Å². The smallest absolute Gasteiger partial charge is 0.237 e. The van der Waals surface area contributed by atoms with Crippen LogP contribution in [0.15, 0.2) is 18.5 Å². The molecule has 1 atom stereocenters. The predicted octanol–water partition coefficient (Wildman–Crippen LogP) is -0.833. The first-order chi connectivity index (χ1) is 9.08. The molecule has 1 aromatic heterocycles. The second kappa shape index (κ2) is 5.75. The van der Waals surface area contributed by atoms with Crippen molar-refractivity contribution in [2.24, 2.45) is 5.73 Å². The number of piperazine rings is 1. The topological polar surface area (TPSA) is 92.4 Å². The molecular formula is C12H17N5O2. The minimum absolute atomic E-state index is 0.0110. The summed E-state index contributed by atoms with van der Waals surface area (Å²) in [6.45, 7) is 3.39. The maximum Gasteiger partial charge on any atom is 0.237 e. The lowest BCUT2D eigenvalue weighted by atomic mass is 10.2. The number of nitrogens with zero attached hydrogens (tertiary/aromatic N) is 4. The molecule has 2 heterocycles. The van der Waals surface area contributed by atoms with Crippen LogP contribution in [0.25, 0.3) is 0 Å². The molecule has 1 aliphatic heterocycles. The Bertz CT molecular complexity index is 464. The van der Waals surface area contributed by atoms with Gasteiger partial charge in [0.2, 0.25) is 11.8 Å². The Morgan fingerprint density at radius 2 is 2.11 bits per heavy atom. The molecule has 0 saturated carbocycles. The van der Waals surface area contributed by atoms with Crippen molar-refractivity contribution in [2.45, 2.75) is 13.0 Å². The fourth-order valence-corrected chi connectivity index (χ4v) is 2.10.